The van der Waals surface area contributed by atoms with Crippen LogP contribution in [0.5, 0.6) is 0 Å². The molecule has 0 spiro atoms. The number of carbonyl (C=O) groups excluding carboxylic acids is 1. The van der Waals surface area contributed by atoms with E-state index in [-0.39, 0.29) is 5.91 Å². The Balaban J connectivity index is 1.89. The molecule has 0 fully saturated rings. The van der Waals surface area contributed by atoms with E-state index < -0.39 is 0 Å². The number of anilines is 1. The summed E-state index contributed by atoms with van der Waals surface area (Å²) in [5.41, 5.74) is 4.36. The number of aromatic nitrogens is 1. The molecule has 1 aromatic carbocycles. The first-order chi connectivity index (χ1) is 12.4. The quantitative estimate of drug-likeness (QED) is 0.591. The normalized spacial score (nSPS) is 10.4. The molecule has 26 heavy (non-hydrogen) atoms. The van der Waals surface area contributed by atoms with Crippen LogP contribution in [0.25, 0.3) is 11.3 Å². The maximum atomic E-state index is 12.7. The lowest BCUT2D eigenvalue weighted by atomic mass is 10.1. The summed E-state index contributed by atoms with van der Waals surface area (Å²) in [5.74, 6) is -0.256. The molecule has 2 heterocycles. The van der Waals surface area contributed by atoms with Crippen molar-refractivity contribution < 1.29 is 4.79 Å². The Morgan fingerprint density at radius 1 is 1.23 bits per heavy atom. The highest BCUT2D eigenvalue weighted by Gasteiger charge is 2.17. The van der Waals surface area contributed by atoms with Gasteiger partial charge in [0.2, 0.25) is 0 Å². The van der Waals surface area contributed by atoms with Crippen LogP contribution in [-0.2, 0) is 0 Å². The largest absolute Gasteiger partial charge is 0.312 e. The maximum Gasteiger partial charge on any atom is 0.258 e. The van der Waals surface area contributed by atoms with Gasteiger partial charge >= 0.3 is 0 Å². The van der Waals surface area contributed by atoms with Crippen molar-refractivity contribution in [1.29, 1.82) is 5.26 Å². The second kappa shape index (κ2) is 7.40. The second-order valence-corrected chi connectivity index (χ2v) is 8.03. The summed E-state index contributed by atoms with van der Waals surface area (Å²) in [6, 6.07) is 13.6. The van der Waals surface area contributed by atoms with Crippen molar-refractivity contribution in [3.63, 3.8) is 0 Å². The van der Waals surface area contributed by atoms with Crippen LogP contribution in [0, 0.1) is 32.1 Å². The van der Waals surface area contributed by atoms with Crippen LogP contribution in [0.1, 0.15) is 32.1 Å². The molecule has 0 atom stereocenters. The van der Waals surface area contributed by atoms with Gasteiger partial charge in [-0.2, -0.15) is 5.26 Å². The van der Waals surface area contributed by atoms with Gasteiger partial charge in [-0.3, -0.25) is 9.78 Å². The van der Waals surface area contributed by atoms with Gasteiger partial charge in [-0.15, -0.1) is 11.3 Å². The number of hydrogen-bond donors (Lipinski definition) is 1. The van der Waals surface area contributed by atoms with E-state index >= 15 is 0 Å². The van der Waals surface area contributed by atoms with Crippen molar-refractivity contribution in [3.05, 3.63) is 68.1 Å². The minimum Gasteiger partial charge on any atom is -0.312 e. The lowest BCUT2D eigenvalue weighted by Crippen LogP contribution is -2.14. The lowest BCUT2D eigenvalue weighted by molar-refractivity contribution is 0.102. The minimum atomic E-state index is -0.256. The number of aryl methyl sites for hydroxylation is 2. The zero-order valence-electron chi connectivity index (χ0n) is 14.6. The summed E-state index contributed by atoms with van der Waals surface area (Å²) < 4.78 is 0.976. The summed E-state index contributed by atoms with van der Waals surface area (Å²) in [4.78, 5) is 18.3. The minimum absolute atomic E-state index is 0.256. The number of nitrogens with zero attached hydrogens (tertiary/aromatic N) is 2. The molecule has 3 aromatic rings. The van der Waals surface area contributed by atoms with Crippen LogP contribution in [0.2, 0.25) is 0 Å². The van der Waals surface area contributed by atoms with Gasteiger partial charge < -0.3 is 5.32 Å². The Morgan fingerprint density at radius 2 is 2.00 bits per heavy atom. The fourth-order valence-electron chi connectivity index (χ4n) is 2.63. The van der Waals surface area contributed by atoms with Gasteiger partial charge in [0.05, 0.1) is 22.5 Å². The van der Waals surface area contributed by atoms with Gasteiger partial charge in [0, 0.05) is 14.9 Å². The highest BCUT2D eigenvalue weighted by Crippen LogP contribution is 2.32. The summed E-state index contributed by atoms with van der Waals surface area (Å²) in [6.07, 6.45) is 0. The van der Waals surface area contributed by atoms with Crippen LogP contribution in [0.15, 0.2) is 40.9 Å². The van der Waals surface area contributed by atoms with Gasteiger partial charge in [0.25, 0.3) is 5.91 Å². The predicted molar refractivity (Wildman–Crippen MR) is 109 cm³/mol. The van der Waals surface area contributed by atoms with Crippen molar-refractivity contribution in [2.45, 2.75) is 20.8 Å². The SMILES string of the molecule is Cc1nc(-c2cccc(Br)c2)ccc1C(=O)Nc1sc(C)c(C)c1C#N. The predicted octanol–water partition coefficient (Wildman–Crippen LogP) is 5.62. The zero-order chi connectivity index (χ0) is 18.8. The molecule has 6 heteroatoms. The van der Waals surface area contributed by atoms with E-state index in [4.69, 9.17) is 0 Å². The number of amides is 1. The van der Waals surface area contributed by atoms with E-state index in [0.717, 1.165) is 26.2 Å². The molecule has 1 amide bonds. The maximum absolute atomic E-state index is 12.7. The number of pyridine rings is 1. The Bertz CT molecular complexity index is 1050. The summed E-state index contributed by atoms with van der Waals surface area (Å²) >= 11 is 4.87. The van der Waals surface area contributed by atoms with Crippen molar-refractivity contribution in [3.8, 4) is 17.3 Å². The molecule has 3 rings (SSSR count). The number of thiophene rings is 1. The van der Waals surface area contributed by atoms with E-state index in [0.29, 0.717) is 21.8 Å². The molecule has 0 bridgehead atoms. The first-order valence-corrected chi connectivity index (χ1v) is 9.56. The van der Waals surface area contributed by atoms with E-state index in [1.807, 2.05) is 51.1 Å². The molecule has 130 valence electrons. The molecule has 0 aliphatic carbocycles. The number of hydrogen-bond acceptors (Lipinski definition) is 4. The van der Waals surface area contributed by atoms with Crippen LogP contribution in [0.3, 0.4) is 0 Å². The smallest absolute Gasteiger partial charge is 0.258 e. The highest BCUT2D eigenvalue weighted by molar-refractivity contribution is 9.10. The number of nitriles is 1. The van der Waals surface area contributed by atoms with Crippen LogP contribution < -0.4 is 5.32 Å². The molecule has 0 saturated carbocycles. The first kappa shape index (κ1) is 18.3. The molecule has 0 saturated heterocycles. The third-order valence-corrected chi connectivity index (χ3v) is 5.79. The van der Waals surface area contributed by atoms with E-state index in [1.54, 1.807) is 6.07 Å². The third-order valence-electron chi connectivity index (χ3n) is 4.17. The Hall–Kier alpha value is -2.49. The summed E-state index contributed by atoms with van der Waals surface area (Å²) in [5, 5.41) is 12.8. The topological polar surface area (TPSA) is 65.8 Å². The number of rotatable bonds is 3. The molecule has 0 radical (unpaired) electrons. The average Bonchev–Trinajstić information content (AvgIpc) is 2.87. The lowest BCUT2D eigenvalue weighted by Gasteiger charge is -2.09. The first-order valence-electron chi connectivity index (χ1n) is 7.95. The second-order valence-electron chi connectivity index (χ2n) is 5.89. The van der Waals surface area contributed by atoms with E-state index in [1.165, 1.54) is 11.3 Å². The standard InChI is InChI=1S/C20H16BrN3OS/c1-11-13(3)26-20(17(11)10-22)24-19(25)16-7-8-18(23-12(16)2)14-5-4-6-15(21)9-14/h4-9H,1-3H3,(H,24,25). The molecule has 1 N–H and O–H groups in total. The summed E-state index contributed by atoms with van der Waals surface area (Å²) in [7, 11) is 0. The number of benzene rings is 1. The summed E-state index contributed by atoms with van der Waals surface area (Å²) in [6.45, 7) is 5.64. The molecule has 0 aliphatic heterocycles. The van der Waals surface area contributed by atoms with Crippen LogP contribution >= 0.6 is 27.3 Å². The fraction of sp³-hybridized carbons (Fsp3) is 0.150. The molecule has 2 aromatic heterocycles. The zero-order valence-corrected chi connectivity index (χ0v) is 17.0. The third kappa shape index (κ3) is 3.55. The monoisotopic (exact) mass is 425 g/mol. The molecular weight excluding hydrogens is 410 g/mol. The van der Waals surface area contributed by atoms with Crippen molar-refractivity contribution in [2.75, 3.05) is 5.32 Å². The Labute approximate surface area is 164 Å². The van der Waals surface area contributed by atoms with Crippen LogP contribution in [-0.4, -0.2) is 10.9 Å². The van der Waals surface area contributed by atoms with Crippen molar-refractivity contribution in [1.82, 2.24) is 4.98 Å². The molecule has 0 unspecified atom stereocenters. The van der Waals surface area contributed by atoms with Gasteiger partial charge in [-0.1, -0.05) is 28.1 Å². The molecule has 0 aliphatic rings. The van der Waals surface area contributed by atoms with E-state index in [2.05, 4.69) is 32.3 Å². The average molecular weight is 426 g/mol. The number of carbonyl (C=O) groups is 1. The Morgan fingerprint density at radius 3 is 2.65 bits per heavy atom. The van der Waals surface area contributed by atoms with Gasteiger partial charge in [0.15, 0.2) is 0 Å². The van der Waals surface area contributed by atoms with Gasteiger partial charge in [0.1, 0.15) is 11.1 Å². The number of nitrogens with one attached hydrogen (secondary N) is 1. The highest BCUT2D eigenvalue weighted by atomic mass is 79.9. The van der Waals surface area contributed by atoms with Crippen molar-refractivity contribution >= 4 is 38.2 Å². The number of halogens is 1. The van der Waals surface area contributed by atoms with Crippen molar-refractivity contribution in [2.24, 2.45) is 0 Å². The van der Waals surface area contributed by atoms with E-state index in [9.17, 15) is 10.1 Å². The molecular formula is C20H16BrN3OS. The van der Waals surface area contributed by atoms with Gasteiger partial charge in [-0.05, 0) is 50.6 Å². The van der Waals surface area contributed by atoms with Crippen LogP contribution in [0.4, 0.5) is 5.00 Å². The Kier molecular flexibility index (Phi) is 5.21. The molecule has 4 nitrogen and oxygen atoms in total. The van der Waals surface area contributed by atoms with Gasteiger partial charge in [-0.25, -0.2) is 0 Å². The fourth-order valence-corrected chi connectivity index (χ4v) is 4.03.